The molecule has 0 N–H and O–H groups in total. The molecule has 432 valence electrons. The van der Waals surface area contributed by atoms with Crippen molar-refractivity contribution in [3.63, 3.8) is 0 Å². The first-order chi connectivity index (χ1) is 46.1. The van der Waals surface area contributed by atoms with Crippen LogP contribution in [-0.2, 0) is 0 Å². The monoisotopic (exact) mass is 1180 g/mol. The fraction of sp³-hybridized carbons (Fsp3) is 0. The molecule has 15 aromatic carbocycles. The fourth-order valence-electron chi connectivity index (χ4n) is 15.7. The Bertz CT molecular complexity index is 5390. The van der Waals surface area contributed by atoms with Crippen molar-refractivity contribution in [1.29, 1.82) is 0 Å². The third-order valence-corrected chi connectivity index (χ3v) is 19.6. The van der Waals surface area contributed by atoms with Crippen molar-refractivity contribution in [2.45, 2.75) is 0 Å². The van der Waals surface area contributed by atoms with Gasteiger partial charge in [0.05, 0.1) is 5.69 Å². The number of hydrogen-bond acceptors (Lipinski definition) is 5. The highest BCUT2D eigenvalue weighted by Crippen LogP contribution is 2.52. The molecule has 0 bridgehead atoms. The molecule has 0 atom stereocenters. The van der Waals surface area contributed by atoms with Crippen LogP contribution >= 0.6 is 0 Å². The summed E-state index contributed by atoms with van der Waals surface area (Å²) in [5.41, 5.74) is 29.2. The third kappa shape index (κ3) is 8.44. The van der Waals surface area contributed by atoms with Crippen LogP contribution in [0.2, 0.25) is 0 Å². The Hall–Kier alpha value is -12.1. The molecule has 4 heterocycles. The molecule has 0 radical (unpaired) electrons. The normalized spacial score (nSPS) is 13.0. The van der Waals surface area contributed by atoms with E-state index in [1.807, 2.05) is 0 Å². The second-order valence-corrected chi connectivity index (χ2v) is 24.8. The van der Waals surface area contributed by atoms with Gasteiger partial charge < -0.3 is 24.5 Å². The molecule has 15 aromatic rings. The van der Waals surface area contributed by atoms with Gasteiger partial charge >= 0.3 is 0 Å². The van der Waals surface area contributed by atoms with Gasteiger partial charge in [-0.05, 0) is 216 Å². The maximum absolute atomic E-state index is 2.63. The van der Waals surface area contributed by atoms with Gasteiger partial charge in [0.1, 0.15) is 0 Å². The number of para-hydroxylation sites is 8. The molecule has 0 aromatic heterocycles. The van der Waals surface area contributed by atoms with Gasteiger partial charge in [-0.15, -0.1) is 0 Å². The summed E-state index contributed by atoms with van der Waals surface area (Å²) in [6, 6.07) is 129. The van der Waals surface area contributed by atoms with Crippen LogP contribution in [0.15, 0.2) is 346 Å². The molecular weight excluding hydrogens is 1120 g/mol. The van der Waals surface area contributed by atoms with Crippen LogP contribution in [0.4, 0.5) is 85.3 Å². The van der Waals surface area contributed by atoms with E-state index in [2.05, 4.69) is 370 Å². The second-order valence-electron chi connectivity index (χ2n) is 24.8. The smallest absolute Gasteiger partial charge is 0.252 e. The minimum absolute atomic E-state index is 0.136. The van der Waals surface area contributed by atoms with Crippen molar-refractivity contribution in [2.75, 3.05) is 24.5 Å². The Morgan fingerprint density at radius 2 is 0.538 bits per heavy atom. The maximum Gasteiger partial charge on any atom is 0.252 e. The highest BCUT2D eigenvalue weighted by atomic mass is 15.2. The first kappa shape index (κ1) is 52.8. The van der Waals surface area contributed by atoms with Crippen molar-refractivity contribution in [3.8, 4) is 22.3 Å². The van der Waals surface area contributed by atoms with E-state index in [1.165, 1.54) is 82.5 Å². The Kier molecular flexibility index (Phi) is 12.1. The predicted octanol–water partition coefficient (Wildman–Crippen LogP) is 19.0. The van der Waals surface area contributed by atoms with Crippen molar-refractivity contribution in [2.24, 2.45) is 0 Å². The van der Waals surface area contributed by atoms with Gasteiger partial charge in [-0.2, -0.15) is 0 Å². The molecule has 5 nitrogen and oxygen atoms in total. The van der Waals surface area contributed by atoms with Gasteiger partial charge in [0, 0.05) is 79.6 Å². The summed E-state index contributed by atoms with van der Waals surface area (Å²) in [7, 11) is 0. The lowest BCUT2D eigenvalue weighted by Crippen LogP contribution is -2.65. The van der Waals surface area contributed by atoms with Gasteiger partial charge in [0.15, 0.2) is 0 Å². The van der Waals surface area contributed by atoms with E-state index in [4.69, 9.17) is 0 Å². The van der Waals surface area contributed by atoms with Crippen molar-refractivity contribution < 1.29 is 0 Å². The zero-order chi connectivity index (χ0) is 61.1. The Morgan fingerprint density at radius 1 is 0.194 bits per heavy atom. The molecular formula is C86H57B2N5. The minimum Gasteiger partial charge on any atom is -0.311 e. The summed E-state index contributed by atoms with van der Waals surface area (Å²) in [6.07, 6.45) is 0. The number of benzene rings is 15. The molecule has 0 aliphatic carbocycles. The number of hydrogen-bond donors (Lipinski definition) is 0. The first-order valence-electron chi connectivity index (χ1n) is 32.2. The lowest BCUT2D eigenvalue weighted by molar-refractivity contribution is 1.22. The molecule has 4 aliphatic heterocycles. The van der Waals surface area contributed by atoms with E-state index in [0.717, 1.165) is 79.4 Å². The molecule has 19 rings (SSSR count). The van der Waals surface area contributed by atoms with E-state index in [9.17, 15) is 0 Å². The molecule has 93 heavy (non-hydrogen) atoms. The molecule has 7 heteroatoms. The van der Waals surface area contributed by atoms with Gasteiger partial charge in [0.25, 0.3) is 13.4 Å². The maximum atomic E-state index is 2.63. The summed E-state index contributed by atoms with van der Waals surface area (Å²) in [5, 5.41) is 4.87. The molecule has 0 saturated carbocycles. The second kappa shape index (κ2) is 21.3. The highest BCUT2D eigenvalue weighted by Gasteiger charge is 2.49. The van der Waals surface area contributed by atoms with E-state index in [1.54, 1.807) is 0 Å². The predicted molar refractivity (Wildman–Crippen MR) is 395 cm³/mol. The van der Waals surface area contributed by atoms with Crippen LogP contribution in [0.5, 0.6) is 0 Å². The van der Waals surface area contributed by atoms with E-state index < -0.39 is 0 Å². The van der Waals surface area contributed by atoms with E-state index in [0.29, 0.717) is 0 Å². The zero-order valence-corrected chi connectivity index (χ0v) is 50.8. The van der Waals surface area contributed by atoms with Crippen molar-refractivity contribution in [1.82, 2.24) is 0 Å². The van der Waals surface area contributed by atoms with Crippen molar-refractivity contribution >= 4 is 153 Å². The van der Waals surface area contributed by atoms with Gasteiger partial charge in [-0.3, -0.25) is 0 Å². The average molecular weight is 1180 g/mol. The van der Waals surface area contributed by atoms with Gasteiger partial charge in [-0.25, -0.2) is 0 Å². The average Bonchev–Trinajstić information content (AvgIpc) is 0.688. The molecule has 0 unspecified atom stereocenters. The minimum atomic E-state index is -0.147. The molecule has 0 fully saturated rings. The van der Waals surface area contributed by atoms with Gasteiger partial charge in [-0.1, -0.05) is 206 Å². The third-order valence-electron chi connectivity index (χ3n) is 19.6. The number of fused-ring (bicyclic) bond motifs is 10. The van der Waals surface area contributed by atoms with Crippen molar-refractivity contribution in [3.05, 3.63) is 346 Å². The van der Waals surface area contributed by atoms with E-state index >= 15 is 0 Å². The topological polar surface area (TPSA) is 16.2 Å². The standard InChI is InChI=1S/C86H57B2N5/c1-8-26-58(27-9-1)59-44-45-60-50-64-51-62(47-46-61(64)49-63(60)48-59)65-52-81-85-82(53-65)92(70-36-18-6-19-37-70)79-57-80-76(56-75(79)87(85)73-40-22-24-42-77(73)90(81)68-32-14-4-15-33-68)88-74-41-23-25-43-78(74)91(69-34-16-5-17-35-69)83-54-72(55-84(86(83)88)93(80)71-38-20-7-21-39-71)89(66-28-10-2-11-29-66)67-30-12-3-13-31-67/h1-57H. The van der Waals surface area contributed by atoms with Crippen LogP contribution in [0.3, 0.4) is 0 Å². The Balaban J connectivity index is 0.888. The van der Waals surface area contributed by atoms with Gasteiger partial charge in [0.2, 0.25) is 0 Å². The van der Waals surface area contributed by atoms with Crippen LogP contribution in [-0.4, -0.2) is 13.4 Å². The summed E-state index contributed by atoms with van der Waals surface area (Å²) in [4.78, 5) is 12.6. The largest absolute Gasteiger partial charge is 0.311 e. The fourth-order valence-corrected chi connectivity index (χ4v) is 15.7. The quantitative estimate of drug-likeness (QED) is 0.105. The highest BCUT2D eigenvalue weighted by molar-refractivity contribution is 7.03. The van der Waals surface area contributed by atoms with Crippen LogP contribution in [0, 0.1) is 0 Å². The number of rotatable bonds is 9. The molecule has 0 spiro atoms. The lowest BCUT2D eigenvalue weighted by Gasteiger charge is -2.47. The van der Waals surface area contributed by atoms with Crippen LogP contribution in [0.1, 0.15) is 0 Å². The first-order valence-corrected chi connectivity index (χ1v) is 32.2. The molecule has 4 aliphatic rings. The summed E-state index contributed by atoms with van der Waals surface area (Å²) < 4.78 is 0. The zero-order valence-electron chi connectivity index (χ0n) is 50.8. The summed E-state index contributed by atoms with van der Waals surface area (Å²) in [5.74, 6) is 0. The SMILES string of the molecule is c1ccc(-c2ccc3cc4cc(-c5cc6c7c(c5)N(c5ccccc5)c5cc8c(cc5B7c5ccccc5N6c5ccccc5)B5c6ccccc6N(c6ccccc6)c6cc(N(c7ccccc7)c7ccccc7)cc(c65)N8c5ccccc5)ccc4cc3c2)cc1. The van der Waals surface area contributed by atoms with Crippen LogP contribution < -0.4 is 57.3 Å². The summed E-state index contributed by atoms with van der Waals surface area (Å²) >= 11 is 0. The van der Waals surface area contributed by atoms with E-state index in [-0.39, 0.29) is 13.4 Å². The van der Waals surface area contributed by atoms with Crippen LogP contribution in [0.25, 0.3) is 43.8 Å². The lowest BCUT2D eigenvalue weighted by atomic mass is 9.30. The molecule has 0 saturated heterocycles. The number of anilines is 15. The Morgan fingerprint density at radius 3 is 0.957 bits per heavy atom. The Labute approximate surface area is 542 Å². The number of nitrogens with zero attached hydrogens (tertiary/aromatic N) is 5. The summed E-state index contributed by atoms with van der Waals surface area (Å²) in [6.45, 7) is -0.283. The molecule has 0 amide bonds.